The fourth-order valence-electron chi connectivity index (χ4n) is 0.535. The third-order valence-electron chi connectivity index (χ3n) is 1.05. The van der Waals surface area contributed by atoms with Gasteiger partial charge in [-0.25, -0.2) is 4.79 Å². The number of ether oxygens (including phenoxy) is 3. The number of carbonyl (C=O) groups excluding carboxylic acids is 1. The fourth-order valence-corrected chi connectivity index (χ4v) is 0.535. The van der Waals surface area contributed by atoms with Crippen molar-refractivity contribution in [2.24, 2.45) is 0 Å². The minimum absolute atomic E-state index is 0.273. The second-order valence-corrected chi connectivity index (χ2v) is 2.04. The first kappa shape index (κ1) is 11.1. The molecular weight excluding hydrogens is 160 g/mol. The van der Waals surface area contributed by atoms with E-state index in [2.05, 4.69) is 11.3 Å². The molecule has 0 aliphatic heterocycles. The molecule has 0 saturated heterocycles. The summed E-state index contributed by atoms with van der Waals surface area (Å²) in [5.74, 6) is -0.401. The summed E-state index contributed by atoms with van der Waals surface area (Å²) in [6, 6.07) is 0. The number of esters is 1. The lowest BCUT2D eigenvalue weighted by molar-refractivity contribution is -0.138. The van der Waals surface area contributed by atoms with Gasteiger partial charge in [0.2, 0.25) is 0 Å². The summed E-state index contributed by atoms with van der Waals surface area (Å²) < 4.78 is 14.3. The van der Waals surface area contributed by atoms with Gasteiger partial charge in [-0.2, -0.15) is 0 Å². The van der Waals surface area contributed by atoms with Gasteiger partial charge >= 0.3 is 5.97 Å². The third-order valence-corrected chi connectivity index (χ3v) is 1.05. The van der Waals surface area contributed by atoms with Crippen molar-refractivity contribution in [2.75, 3.05) is 27.1 Å². The lowest BCUT2D eigenvalue weighted by Gasteiger charge is -2.02. The van der Waals surface area contributed by atoms with Gasteiger partial charge in [0.05, 0.1) is 13.2 Å². The number of hydrogen-bond acceptors (Lipinski definition) is 4. The van der Waals surface area contributed by atoms with E-state index in [4.69, 9.17) is 9.47 Å². The standard InChI is InChI=1S/C8H14O4/c1-3-8(9)12-6-4-5-11-7-10-2/h3H,1,4-7H2,2H3. The topological polar surface area (TPSA) is 44.8 Å². The first-order chi connectivity index (χ1) is 5.81. The molecule has 0 bridgehead atoms. The highest BCUT2D eigenvalue weighted by Crippen LogP contribution is 1.86. The normalized spacial score (nSPS) is 9.42. The first-order valence-electron chi connectivity index (χ1n) is 3.67. The molecule has 70 valence electrons. The van der Waals surface area contributed by atoms with E-state index < -0.39 is 5.97 Å². The van der Waals surface area contributed by atoms with Gasteiger partial charge in [-0.3, -0.25) is 0 Å². The number of methoxy groups -OCH3 is 1. The fraction of sp³-hybridized carbons (Fsp3) is 0.625. The molecule has 0 spiro atoms. The molecule has 0 radical (unpaired) electrons. The largest absolute Gasteiger partial charge is 0.462 e. The van der Waals surface area contributed by atoms with Crippen LogP contribution in [0, 0.1) is 0 Å². The highest BCUT2D eigenvalue weighted by atomic mass is 16.7. The van der Waals surface area contributed by atoms with E-state index in [1.807, 2.05) is 0 Å². The lowest BCUT2D eigenvalue weighted by atomic mass is 10.5. The van der Waals surface area contributed by atoms with E-state index in [1.54, 1.807) is 7.11 Å². The Bertz CT molecular complexity index is 133. The lowest BCUT2D eigenvalue weighted by Crippen LogP contribution is -2.06. The molecule has 12 heavy (non-hydrogen) atoms. The molecule has 0 aliphatic carbocycles. The van der Waals surface area contributed by atoms with E-state index in [0.29, 0.717) is 19.6 Å². The van der Waals surface area contributed by atoms with Crippen molar-refractivity contribution >= 4 is 5.97 Å². The number of carbonyl (C=O) groups is 1. The maximum atomic E-state index is 10.5. The van der Waals surface area contributed by atoms with Crippen LogP contribution in [-0.4, -0.2) is 33.1 Å². The van der Waals surface area contributed by atoms with Gasteiger partial charge in [-0.15, -0.1) is 0 Å². The van der Waals surface area contributed by atoms with Crippen LogP contribution in [-0.2, 0) is 19.0 Å². The molecule has 0 aromatic carbocycles. The summed E-state index contributed by atoms with van der Waals surface area (Å²) >= 11 is 0. The Hall–Kier alpha value is -0.870. The summed E-state index contributed by atoms with van der Waals surface area (Å²) in [5, 5.41) is 0. The Morgan fingerprint density at radius 1 is 1.50 bits per heavy atom. The van der Waals surface area contributed by atoms with Crippen LogP contribution in [0.1, 0.15) is 6.42 Å². The molecular formula is C8H14O4. The summed E-state index contributed by atoms with van der Waals surface area (Å²) in [5.41, 5.74) is 0. The second-order valence-electron chi connectivity index (χ2n) is 2.04. The van der Waals surface area contributed by atoms with Crippen LogP contribution in [0.15, 0.2) is 12.7 Å². The molecule has 0 atom stereocenters. The molecule has 0 fully saturated rings. The molecule has 0 saturated carbocycles. The number of rotatable bonds is 7. The van der Waals surface area contributed by atoms with Crippen molar-refractivity contribution in [1.29, 1.82) is 0 Å². The van der Waals surface area contributed by atoms with Crippen molar-refractivity contribution in [1.82, 2.24) is 0 Å². The van der Waals surface area contributed by atoms with Gasteiger partial charge in [0, 0.05) is 19.6 Å². The summed E-state index contributed by atoms with van der Waals surface area (Å²) in [4.78, 5) is 10.5. The van der Waals surface area contributed by atoms with Gasteiger partial charge < -0.3 is 14.2 Å². The van der Waals surface area contributed by atoms with Crippen LogP contribution in [0.2, 0.25) is 0 Å². The van der Waals surface area contributed by atoms with Gasteiger partial charge in [0.15, 0.2) is 0 Å². The third kappa shape index (κ3) is 7.24. The molecule has 0 unspecified atom stereocenters. The highest BCUT2D eigenvalue weighted by molar-refractivity contribution is 5.81. The monoisotopic (exact) mass is 174 g/mol. The van der Waals surface area contributed by atoms with Crippen molar-refractivity contribution in [3.8, 4) is 0 Å². The maximum absolute atomic E-state index is 10.5. The molecule has 0 aliphatic rings. The van der Waals surface area contributed by atoms with Crippen LogP contribution in [0.4, 0.5) is 0 Å². The Kier molecular flexibility index (Phi) is 7.63. The predicted molar refractivity (Wildman–Crippen MR) is 43.6 cm³/mol. The van der Waals surface area contributed by atoms with E-state index in [-0.39, 0.29) is 6.79 Å². The van der Waals surface area contributed by atoms with Crippen LogP contribution in [0.3, 0.4) is 0 Å². The molecule has 0 heterocycles. The molecule has 0 rings (SSSR count). The van der Waals surface area contributed by atoms with Crippen molar-refractivity contribution in [3.63, 3.8) is 0 Å². The summed E-state index contributed by atoms with van der Waals surface area (Å²) in [7, 11) is 1.55. The zero-order valence-electron chi connectivity index (χ0n) is 7.25. The zero-order chi connectivity index (χ0) is 9.23. The van der Waals surface area contributed by atoms with E-state index in [9.17, 15) is 4.79 Å². The zero-order valence-corrected chi connectivity index (χ0v) is 7.25. The summed E-state index contributed by atoms with van der Waals surface area (Å²) in [6.45, 7) is 4.42. The Morgan fingerprint density at radius 2 is 2.25 bits per heavy atom. The molecule has 0 N–H and O–H groups in total. The SMILES string of the molecule is C=CC(=O)OCCCOCOC. The van der Waals surface area contributed by atoms with E-state index in [0.717, 1.165) is 6.08 Å². The molecule has 0 aromatic heterocycles. The average Bonchev–Trinajstić information content (AvgIpc) is 2.10. The molecule has 0 amide bonds. The highest BCUT2D eigenvalue weighted by Gasteiger charge is 1.94. The minimum atomic E-state index is -0.401. The quantitative estimate of drug-likeness (QED) is 0.247. The van der Waals surface area contributed by atoms with Gasteiger partial charge in [-0.05, 0) is 0 Å². The Balaban J connectivity index is 3.00. The summed E-state index contributed by atoms with van der Waals surface area (Å²) in [6.07, 6.45) is 1.80. The van der Waals surface area contributed by atoms with Crippen LogP contribution < -0.4 is 0 Å². The van der Waals surface area contributed by atoms with Crippen molar-refractivity contribution in [2.45, 2.75) is 6.42 Å². The molecule has 4 heteroatoms. The van der Waals surface area contributed by atoms with Gasteiger partial charge in [-0.1, -0.05) is 6.58 Å². The van der Waals surface area contributed by atoms with Crippen LogP contribution >= 0.6 is 0 Å². The number of hydrogen-bond donors (Lipinski definition) is 0. The minimum Gasteiger partial charge on any atom is -0.462 e. The smallest absolute Gasteiger partial charge is 0.330 e. The first-order valence-corrected chi connectivity index (χ1v) is 3.67. The van der Waals surface area contributed by atoms with Gasteiger partial charge in [0.25, 0.3) is 0 Å². The van der Waals surface area contributed by atoms with Crippen molar-refractivity contribution in [3.05, 3.63) is 12.7 Å². The molecule has 0 aromatic rings. The maximum Gasteiger partial charge on any atom is 0.330 e. The molecule has 4 nitrogen and oxygen atoms in total. The van der Waals surface area contributed by atoms with E-state index in [1.165, 1.54) is 0 Å². The van der Waals surface area contributed by atoms with Crippen LogP contribution in [0.25, 0.3) is 0 Å². The van der Waals surface area contributed by atoms with Crippen LogP contribution in [0.5, 0.6) is 0 Å². The van der Waals surface area contributed by atoms with Gasteiger partial charge in [0.1, 0.15) is 6.79 Å². The second kappa shape index (κ2) is 8.23. The Labute approximate surface area is 72.1 Å². The van der Waals surface area contributed by atoms with E-state index >= 15 is 0 Å². The predicted octanol–water partition coefficient (Wildman–Crippen LogP) is 0.726. The Morgan fingerprint density at radius 3 is 2.83 bits per heavy atom. The average molecular weight is 174 g/mol. The van der Waals surface area contributed by atoms with Crippen molar-refractivity contribution < 1.29 is 19.0 Å².